The van der Waals surface area contributed by atoms with E-state index in [-0.39, 0.29) is 24.2 Å². The molecule has 2 rings (SSSR count). The summed E-state index contributed by atoms with van der Waals surface area (Å²) in [6, 6.07) is 5.07. The summed E-state index contributed by atoms with van der Waals surface area (Å²) < 4.78 is 0. The van der Waals surface area contributed by atoms with E-state index in [4.69, 9.17) is 5.73 Å². The molecule has 0 aliphatic carbocycles. The number of H-pyrrole nitrogens is 1. The maximum atomic E-state index is 11.8. The highest BCUT2D eigenvalue weighted by Gasteiger charge is 2.17. The second kappa shape index (κ2) is 5.84. The van der Waals surface area contributed by atoms with E-state index in [0.29, 0.717) is 0 Å². The molecule has 0 spiro atoms. The Morgan fingerprint density at radius 3 is 2.83 bits per heavy atom. The largest absolute Gasteiger partial charge is 0.325 e. The number of fused-ring (bicyclic) bond motifs is 1. The molecule has 0 saturated carbocycles. The number of nitrogens with zero attached hydrogens (tertiary/aromatic N) is 1. The summed E-state index contributed by atoms with van der Waals surface area (Å²) in [6.45, 7) is 3.84. The molecular weight excluding hydrogens is 252 g/mol. The standard InChI is InChI=1S/C12H16N4O.ClH/c1-7(2)11(13)12(17)15-9-3-4-10-8(5-9)6-14-16-10;/h3-7,11H,13H2,1-2H3,(H,14,16)(H,15,17);1H/t11-;/m0./s1. The number of carbonyl (C=O) groups is 1. The van der Waals surface area contributed by atoms with Gasteiger partial charge in [0.05, 0.1) is 17.8 Å². The molecule has 0 fully saturated rings. The first kappa shape index (κ1) is 14.5. The third-order valence-electron chi connectivity index (χ3n) is 2.73. The summed E-state index contributed by atoms with van der Waals surface area (Å²) in [4.78, 5) is 11.8. The van der Waals surface area contributed by atoms with E-state index >= 15 is 0 Å². The van der Waals surface area contributed by atoms with Crippen LogP contribution in [0.15, 0.2) is 24.4 Å². The lowest BCUT2D eigenvalue weighted by atomic mass is 10.0. The molecule has 1 aromatic heterocycles. The van der Waals surface area contributed by atoms with Gasteiger partial charge < -0.3 is 11.1 Å². The van der Waals surface area contributed by atoms with E-state index in [0.717, 1.165) is 16.6 Å². The first-order valence-corrected chi connectivity index (χ1v) is 5.57. The number of carbonyl (C=O) groups excluding carboxylic acids is 1. The summed E-state index contributed by atoms with van der Waals surface area (Å²) in [7, 11) is 0. The lowest BCUT2D eigenvalue weighted by Gasteiger charge is -2.15. The minimum absolute atomic E-state index is 0. The molecule has 0 radical (unpaired) electrons. The number of halogens is 1. The minimum atomic E-state index is -0.491. The third kappa shape index (κ3) is 3.00. The van der Waals surface area contributed by atoms with Gasteiger partial charge in [0.1, 0.15) is 0 Å². The van der Waals surface area contributed by atoms with Gasteiger partial charge in [0.25, 0.3) is 0 Å². The van der Waals surface area contributed by atoms with Gasteiger partial charge in [-0.2, -0.15) is 5.10 Å². The number of aromatic amines is 1. The van der Waals surface area contributed by atoms with Gasteiger partial charge in [-0.15, -0.1) is 12.4 Å². The van der Waals surface area contributed by atoms with Crippen molar-refractivity contribution in [3.8, 4) is 0 Å². The Bertz CT molecular complexity index is 538. The average molecular weight is 269 g/mol. The normalized spacial score (nSPS) is 12.2. The van der Waals surface area contributed by atoms with E-state index in [2.05, 4.69) is 15.5 Å². The van der Waals surface area contributed by atoms with Crippen molar-refractivity contribution in [2.45, 2.75) is 19.9 Å². The minimum Gasteiger partial charge on any atom is -0.325 e. The molecule has 0 aliphatic heterocycles. The van der Waals surface area contributed by atoms with Crippen LogP contribution in [0.1, 0.15) is 13.8 Å². The maximum absolute atomic E-state index is 11.8. The lowest BCUT2D eigenvalue weighted by Crippen LogP contribution is -2.39. The molecule has 18 heavy (non-hydrogen) atoms. The molecule has 0 unspecified atom stereocenters. The van der Waals surface area contributed by atoms with E-state index in [1.807, 2.05) is 32.0 Å². The highest BCUT2D eigenvalue weighted by Crippen LogP contribution is 2.17. The van der Waals surface area contributed by atoms with E-state index in [9.17, 15) is 4.79 Å². The van der Waals surface area contributed by atoms with Crippen LogP contribution in [0.3, 0.4) is 0 Å². The summed E-state index contributed by atoms with van der Waals surface area (Å²) in [5.74, 6) is -0.0458. The smallest absolute Gasteiger partial charge is 0.241 e. The fourth-order valence-corrected chi connectivity index (χ4v) is 1.55. The Hall–Kier alpha value is -1.59. The van der Waals surface area contributed by atoms with Crippen LogP contribution in [0, 0.1) is 5.92 Å². The molecule has 0 saturated heterocycles. The van der Waals surface area contributed by atoms with Crippen molar-refractivity contribution in [3.05, 3.63) is 24.4 Å². The van der Waals surface area contributed by atoms with Crippen LogP contribution < -0.4 is 11.1 Å². The molecule has 6 heteroatoms. The number of aromatic nitrogens is 2. The quantitative estimate of drug-likeness (QED) is 0.795. The second-order valence-corrected chi connectivity index (χ2v) is 4.43. The van der Waals surface area contributed by atoms with Gasteiger partial charge >= 0.3 is 0 Å². The van der Waals surface area contributed by atoms with Crippen LogP contribution in [0.5, 0.6) is 0 Å². The molecule has 98 valence electrons. The molecule has 1 aromatic carbocycles. The number of amides is 1. The SMILES string of the molecule is CC(C)[C@H](N)C(=O)Nc1ccc2[nH]ncc2c1.Cl. The Labute approximate surface area is 112 Å². The number of rotatable bonds is 3. The number of benzene rings is 1. The van der Waals surface area contributed by atoms with Gasteiger partial charge in [0.15, 0.2) is 0 Å². The van der Waals surface area contributed by atoms with Gasteiger partial charge in [-0.25, -0.2) is 0 Å². The maximum Gasteiger partial charge on any atom is 0.241 e. The van der Waals surface area contributed by atoms with Crippen LogP contribution in [-0.2, 0) is 4.79 Å². The van der Waals surface area contributed by atoms with E-state index in [1.165, 1.54) is 0 Å². The lowest BCUT2D eigenvalue weighted by molar-refractivity contribution is -0.118. The second-order valence-electron chi connectivity index (χ2n) is 4.43. The van der Waals surface area contributed by atoms with Crippen molar-refractivity contribution in [3.63, 3.8) is 0 Å². The van der Waals surface area contributed by atoms with Crippen molar-refractivity contribution < 1.29 is 4.79 Å². The number of anilines is 1. The Morgan fingerprint density at radius 2 is 2.17 bits per heavy atom. The highest BCUT2D eigenvalue weighted by molar-refractivity contribution is 5.96. The predicted octanol–water partition coefficient (Wildman–Crippen LogP) is 1.91. The van der Waals surface area contributed by atoms with Crippen molar-refractivity contribution in [2.24, 2.45) is 11.7 Å². The summed E-state index contributed by atoms with van der Waals surface area (Å²) in [5, 5.41) is 10.5. The van der Waals surface area contributed by atoms with Gasteiger partial charge in [0, 0.05) is 11.1 Å². The fraction of sp³-hybridized carbons (Fsp3) is 0.333. The molecule has 2 aromatic rings. The zero-order valence-corrected chi connectivity index (χ0v) is 11.1. The molecule has 5 nitrogen and oxygen atoms in total. The number of nitrogens with one attached hydrogen (secondary N) is 2. The topological polar surface area (TPSA) is 83.8 Å². The first-order valence-electron chi connectivity index (χ1n) is 5.57. The number of nitrogens with two attached hydrogens (primary N) is 1. The Morgan fingerprint density at radius 1 is 1.44 bits per heavy atom. The van der Waals surface area contributed by atoms with Crippen LogP contribution >= 0.6 is 12.4 Å². The van der Waals surface area contributed by atoms with Gasteiger partial charge in [0.2, 0.25) is 5.91 Å². The third-order valence-corrected chi connectivity index (χ3v) is 2.73. The fourth-order valence-electron chi connectivity index (χ4n) is 1.55. The van der Waals surface area contributed by atoms with Gasteiger partial charge in [-0.05, 0) is 24.1 Å². The van der Waals surface area contributed by atoms with E-state index < -0.39 is 6.04 Å². The first-order chi connectivity index (χ1) is 8.08. The van der Waals surface area contributed by atoms with Crippen LogP contribution in [0.4, 0.5) is 5.69 Å². The summed E-state index contributed by atoms with van der Waals surface area (Å²) >= 11 is 0. The number of hydrogen-bond acceptors (Lipinski definition) is 3. The van der Waals surface area contributed by atoms with Crippen molar-refractivity contribution in [1.82, 2.24) is 10.2 Å². The predicted molar refractivity (Wildman–Crippen MR) is 74.8 cm³/mol. The van der Waals surface area contributed by atoms with Crippen LogP contribution in [0.2, 0.25) is 0 Å². The van der Waals surface area contributed by atoms with Crippen molar-refractivity contribution >= 4 is 34.9 Å². The molecule has 1 heterocycles. The molecule has 4 N–H and O–H groups in total. The van der Waals surface area contributed by atoms with E-state index in [1.54, 1.807) is 6.20 Å². The molecular formula is C12H17ClN4O. The Kier molecular flexibility index (Phi) is 4.69. The molecule has 1 atom stereocenters. The zero-order valence-electron chi connectivity index (χ0n) is 10.3. The summed E-state index contributed by atoms with van der Waals surface area (Å²) in [6.07, 6.45) is 1.72. The van der Waals surface area contributed by atoms with Crippen molar-refractivity contribution in [2.75, 3.05) is 5.32 Å². The van der Waals surface area contributed by atoms with Crippen molar-refractivity contribution in [1.29, 1.82) is 0 Å². The Balaban J connectivity index is 0.00000162. The van der Waals surface area contributed by atoms with Gasteiger partial charge in [-0.3, -0.25) is 9.89 Å². The van der Waals surface area contributed by atoms with Crippen LogP contribution in [0.25, 0.3) is 10.9 Å². The van der Waals surface area contributed by atoms with Crippen LogP contribution in [-0.4, -0.2) is 22.1 Å². The molecule has 0 aliphatic rings. The summed E-state index contributed by atoms with van der Waals surface area (Å²) in [5.41, 5.74) is 7.45. The number of hydrogen-bond donors (Lipinski definition) is 3. The molecule has 1 amide bonds. The van der Waals surface area contributed by atoms with Gasteiger partial charge in [-0.1, -0.05) is 13.8 Å². The zero-order chi connectivity index (χ0) is 12.4. The monoisotopic (exact) mass is 268 g/mol. The highest BCUT2D eigenvalue weighted by atomic mass is 35.5. The molecule has 0 bridgehead atoms. The average Bonchev–Trinajstić information content (AvgIpc) is 2.74.